The molecule has 0 saturated heterocycles. The number of amides is 2. The van der Waals surface area contributed by atoms with Crippen molar-refractivity contribution in [3.8, 4) is 0 Å². The normalized spacial score (nSPS) is 15.0. The van der Waals surface area contributed by atoms with Gasteiger partial charge in [-0.1, -0.05) is 49.6 Å². The topological polar surface area (TPSA) is 78.3 Å². The predicted molar refractivity (Wildman–Crippen MR) is 140 cm³/mol. The van der Waals surface area contributed by atoms with Crippen LogP contribution in [0.5, 0.6) is 0 Å². The Kier molecular flexibility index (Phi) is 7.40. The summed E-state index contributed by atoms with van der Waals surface area (Å²) in [5.41, 5.74) is 2.53. The highest BCUT2D eigenvalue weighted by atomic mass is 19.1. The second-order valence-corrected chi connectivity index (χ2v) is 9.88. The van der Waals surface area contributed by atoms with Crippen molar-refractivity contribution in [3.05, 3.63) is 95.3 Å². The van der Waals surface area contributed by atoms with Gasteiger partial charge in [0.2, 0.25) is 5.91 Å². The minimum Gasteiger partial charge on any atom is -0.464 e. The van der Waals surface area contributed by atoms with Gasteiger partial charge in [0.25, 0.3) is 5.91 Å². The second-order valence-electron chi connectivity index (χ2n) is 9.88. The molecule has 6 nitrogen and oxygen atoms in total. The largest absolute Gasteiger partial charge is 0.464 e. The minimum atomic E-state index is -0.946. The maximum atomic E-state index is 14.0. The van der Waals surface area contributed by atoms with E-state index in [0.717, 1.165) is 47.7 Å². The Morgan fingerprint density at radius 1 is 1.05 bits per heavy atom. The molecule has 2 N–H and O–H groups in total. The summed E-state index contributed by atoms with van der Waals surface area (Å²) in [5.74, 6) is 0.257. The van der Waals surface area contributed by atoms with E-state index in [2.05, 4.69) is 10.3 Å². The molecule has 2 aromatic heterocycles. The SMILES string of the molecule is Cc1ccc(C(C(=O)NC2CCCCC2)N(Cc2ccc(F)cc2)C(=O)Cc2c[nH]c3ccccc23)o1. The fourth-order valence-corrected chi connectivity index (χ4v) is 5.20. The molecule has 1 fully saturated rings. The summed E-state index contributed by atoms with van der Waals surface area (Å²) in [7, 11) is 0. The molecule has 192 valence electrons. The predicted octanol–water partition coefficient (Wildman–Crippen LogP) is 5.97. The van der Waals surface area contributed by atoms with Gasteiger partial charge in [-0.25, -0.2) is 4.39 Å². The van der Waals surface area contributed by atoms with Gasteiger partial charge in [-0.3, -0.25) is 9.59 Å². The van der Waals surface area contributed by atoms with Crippen LogP contribution in [0.15, 0.2) is 71.3 Å². The molecular formula is C30H32FN3O3. The van der Waals surface area contributed by atoms with Crippen LogP contribution in [0.1, 0.15) is 60.8 Å². The zero-order chi connectivity index (χ0) is 25.8. The number of furan rings is 1. The maximum Gasteiger partial charge on any atom is 0.250 e. The number of aromatic nitrogens is 1. The number of carbonyl (C=O) groups is 2. The molecule has 7 heteroatoms. The lowest BCUT2D eigenvalue weighted by atomic mass is 9.95. The summed E-state index contributed by atoms with van der Waals surface area (Å²) < 4.78 is 19.6. The Bertz CT molecular complexity index is 1370. The highest BCUT2D eigenvalue weighted by Crippen LogP contribution is 2.29. The number of halogens is 1. The van der Waals surface area contributed by atoms with Crippen LogP contribution in [0.3, 0.4) is 0 Å². The van der Waals surface area contributed by atoms with Crippen molar-refractivity contribution in [2.75, 3.05) is 0 Å². The zero-order valence-corrected chi connectivity index (χ0v) is 21.0. The molecule has 1 saturated carbocycles. The van der Waals surface area contributed by atoms with Crippen LogP contribution >= 0.6 is 0 Å². The minimum absolute atomic E-state index is 0.0798. The van der Waals surface area contributed by atoms with Gasteiger partial charge in [-0.05, 0) is 61.2 Å². The van der Waals surface area contributed by atoms with E-state index < -0.39 is 6.04 Å². The number of carbonyl (C=O) groups excluding carboxylic acids is 2. The first-order valence-electron chi connectivity index (χ1n) is 12.9. The van der Waals surface area contributed by atoms with E-state index in [1.54, 1.807) is 29.2 Å². The number of hydrogen-bond acceptors (Lipinski definition) is 3. The lowest BCUT2D eigenvalue weighted by Crippen LogP contribution is -2.47. The molecule has 37 heavy (non-hydrogen) atoms. The van der Waals surface area contributed by atoms with Gasteiger partial charge < -0.3 is 19.6 Å². The number of fused-ring (bicyclic) bond motifs is 1. The third-order valence-corrected chi connectivity index (χ3v) is 7.15. The van der Waals surface area contributed by atoms with Crippen molar-refractivity contribution in [1.82, 2.24) is 15.2 Å². The number of nitrogens with zero attached hydrogens (tertiary/aromatic N) is 1. The first-order chi connectivity index (χ1) is 18.0. The van der Waals surface area contributed by atoms with E-state index in [1.165, 1.54) is 18.6 Å². The lowest BCUT2D eigenvalue weighted by molar-refractivity contribution is -0.142. The van der Waals surface area contributed by atoms with E-state index in [1.807, 2.05) is 37.4 Å². The van der Waals surface area contributed by atoms with Crippen LogP contribution in [0.2, 0.25) is 0 Å². The van der Waals surface area contributed by atoms with Crippen molar-refractivity contribution >= 4 is 22.7 Å². The van der Waals surface area contributed by atoms with Crippen LogP contribution in [0.25, 0.3) is 10.9 Å². The number of nitrogens with one attached hydrogen (secondary N) is 2. The summed E-state index contributed by atoms with van der Waals surface area (Å²) >= 11 is 0. The Morgan fingerprint density at radius 2 is 1.81 bits per heavy atom. The zero-order valence-electron chi connectivity index (χ0n) is 21.0. The first kappa shape index (κ1) is 24.8. The van der Waals surface area contributed by atoms with E-state index >= 15 is 0 Å². The molecule has 0 aliphatic heterocycles. The molecule has 0 spiro atoms. The molecule has 0 radical (unpaired) electrons. The monoisotopic (exact) mass is 501 g/mol. The molecule has 2 aromatic carbocycles. The van der Waals surface area contributed by atoms with Crippen LogP contribution in [0.4, 0.5) is 4.39 Å². The van der Waals surface area contributed by atoms with Crippen LogP contribution in [0, 0.1) is 12.7 Å². The molecule has 1 atom stereocenters. The van der Waals surface area contributed by atoms with Crippen molar-refractivity contribution < 1.29 is 18.4 Å². The molecule has 2 heterocycles. The summed E-state index contributed by atoms with van der Waals surface area (Å²) in [6, 6.07) is 16.5. The van der Waals surface area contributed by atoms with Crippen LogP contribution < -0.4 is 5.32 Å². The standard InChI is InChI=1S/C30H32FN3O3/c1-20-11-16-27(37-20)29(30(36)33-24-7-3-2-4-8-24)34(19-21-12-14-23(31)15-13-21)28(35)17-22-18-32-26-10-6-5-9-25(22)26/h5-6,9-16,18,24,29,32H,2-4,7-8,17,19H2,1H3,(H,33,36). The van der Waals surface area contributed by atoms with Gasteiger partial charge in [0.05, 0.1) is 6.42 Å². The number of rotatable bonds is 8. The Labute approximate surface area is 215 Å². The van der Waals surface area contributed by atoms with E-state index in [9.17, 15) is 14.0 Å². The Morgan fingerprint density at radius 3 is 2.54 bits per heavy atom. The molecule has 1 aliphatic rings. The number of para-hydroxylation sites is 1. The van der Waals surface area contributed by atoms with Crippen LogP contribution in [-0.2, 0) is 22.6 Å². The number of H-pyrrole nitrogens is 1. The van der Waals surface area contributed by atoms with E-state index in [-0.39, 0.29) is 36.6 Å². The summed E-state index contributed by atoms with van der Waals surface area (Å²) in [4.78, 5) is 32.5. The van der Waals surface area contributed by atoms with Crippen LogP contribution in [-0.4, -0.2) is 27.7 Å². The molecule has 1 aliphatic carbocycles. The Balaban J connectivity index is 1.50. The molecule has 1 unspecified atom stereocenters. The maximum absolute atomic E-state index is 14.0. The highest BCUT2D eigenvalue weighted by molar-refractivity contribution is 5.92. The van der Waals surface area contributed by atoms with Crippen molar-refractivity contribution in [3.63, 3.8) is 0 Å². The highest BCUT2D eigenvalue weighted by Gasteiger charge is 2.35. The van der Waals surface area contributed by atoms with E-state index in [0.29, 0.717) is 11.5 Å². The number of aromatic amines is 1. The average Bonchev–Trinajstić information content (AvgIpc) is 3.51. The van der Waals surface area contributed by atoms with Gasteiger partial charge in [0, 0.05) is 29.7 Å². The van der Waals surface area contributed by atoms with Crippen molar-refractivity contribution in [1.29, 1.82) is 0 Å². The smallest absolute Gasteiger partial charge is 0.250 e. The van der Waals surface area contributed by atoms with Gasteiger partial charge in [0.1, 0.15) is 17.3 Å². The molecule has 5 rings (SSSR count). The first-order valence-corrected chi connectivity index (χ1v) is 12.9. The fraction of sp³-hybridized carbons (Fsp3) is 0.333. The molecule has 2 amide bonds. The number of aryl methyl sites for hydroxylation is 1. The van der Waals surface area contributed by atoms with Gasteiger partial charge in [-0.2, -0.15) is 0 Å². The average molecular weight is 502 g/mol. The van der Waals surface area contributed by atoms with Gasteiger partial charge in [-0.15, -0.1) is 0 Å². The summed E-state index contributed by atoms with van der Waals surface area (Å²) in [5, 5.41) is 4.15. The molecule has 4 aromatic rings. The fourth-order valence-electron chi connectivity index (χ4n) is 5.20. The summed E-state index contributed by atoms with van der Waals surface area (Å²) in [6.45, 7) is 1.96. The molecule has 0 bridgehead atoms. The van der Waals surface area contributed by atoms with E-state index in [4.69, 9.17) is 4.42 Å². The third-order valence-electron chi connectivity index (χ3n) is 7.15. The second kappa shape index (κ2) is 11.0. The quantitative estimate of drug-likeness (QED) is 0.312. The number of hydrogen-bond donors (Lipinski definition) is 2. The lowest BCUT2D eigenvalue weighted by Gasteiger charge is -2.32. The third kappa shape index (κ3) is 5.77. The van der Waals surface area contributed by atoms with Gasteiger partial charge in [0.15, 0.2) is 6.04 Å². The van der Waals surface area contributed by atoms with Crippen molar-refractivity contribution in [2.45, 2.75) is 64.1 Å². The van der Waals surface area contributed by atoms with Crippen molar-refractivity contribution in [2.24, 2.45) is 0 Å². The molecular weight excluding hydrogens is 469 g/mol. The number of benzene rings is 2. The van der Waals surface area contributed by atoms with Gasteiger partial charge >= 0.3 is 0 Å². The Hall–Kier alpha value is -3.87. The summed E-state index contributed by atoms with van der Waals surface area (Å²) in [6.07, 6.45) is 7.13.